The van der Waals surface area contributed by atoms with Crippen LogP contribution in [0, 0.1) is 0 Å². The number of hydrogen-bond acceptors (Lipinski definition) is 3. The average Bonchev–Trinajstić information content (AvgIpc) is 2.15. The van der Waals surface area contributed by atoms with Gasteiger partial charge in [-0.2, -0.15) is 0 Å². The summed E-state index contributed by atoms with van der Waals surface area (Å²) in [6.45, 7) is 2.40. The number of hydrogen-bond donors (Lipinski definition) is 1. The molecule has 3 nitrogen and oxygen atoms in total. The first-order chi connectivity index (χ1) is 4.29. The molecule has 1 aliphatic rings. The van der Waals surface area contributed by atoms with Gasteiger partial charge in [-0.25, -0.2) is 0 Å². The zero-order valence-electron chi connectivity index (χ0n) is 5.52. The summed E-state index contributed by atoms with van der Waals surface area (Å²) in [5.41, 5.74) is 0. The highest BCUT2D eigenvalue weighted by Gasteiger charge is 2.15. The third kappa shape index (κ3) is 2.01. The maximum absolute atomic E-state index is 10.3. The van der Waals surface area contributed by atoms with E-state index in [9.17, 15) is 4.79 Å². The third-order valence-corrected chi connectivity index (χ3v) is 1.32. The molecule has 1 saturated heterocycles. The van der Waals surface area contributed by atoms with Gasteiger partial charge >= 0.3 is 5.97 Å². The molecule has 0 aromatic heterocycles. The Kier molecular flexibility index (Phi) is 2.05. The van der Waals surface area contributed by atoms with E-state index in [0.29, 0.717) is 0 Å². The molecule has 0 amide bonds. The van der Waals surface area contributed by atoms with Gasteiger partial charge in [-0.3, -0.25) is 10.1 Å². The van der Waals surface area contributed by atoms with Crippen molar-refractivity contribution in [2.24, 2.45) is 0 Å². The molecule has 1 aliphatic heterocycles. The first-order valence-electron chi connectivity index (χ1n) is 3.19. The van der Waals surface area contributed by atoms with Crippen LogP contribution >= 0.6 is 0 Å². The van der Waals surface area contributed by atoms with Crippen LogP contribution in [0.25, 0.3) is 0 Å². The number of carbonyl (C=O) groups is 1. The fourth-order valence-corrected chi connectivity index (χ4v) is 0.953. The van der Waals surface area contributed by atoms with Gasteiger partial charge in [0, 0.05) is 6.92 Å². The van der Waals surface area contributed by atoms with Crippen molar-refractivity contribution in [3.05, 3.63) is 0 Å². The normalized spacial score (nSPS) is 26.1. The van der Waals surface area contributed by atoms with Crippen molar-refractivity contribution in [3.63, 3.8) is 0 Å². The van der Waals surface area contributed by atoms with E-state index in [4.69, 9.17) is 4.74 Å². The van der Waals surface area contributed by atoms with E-state index in [1.165, 1.54) is 6.92 Å². The zero-order chi connectivity index (χ0) is 6.69. The number of carbonyl (C=O) groups excluding carboxylic acids is 1. The molecular weight excluding hydrogens is 118 g/mol. The lowest BCUT2D eigenvalue weighted by atomic mass is 10.4. The Labute approximate surface area is 54.4 Å². The predicted molar refractivity (Wildman–Crippen MR) is 32.8 cm³/mol. The zero-order valence-corrected chi connectivity index (χ0v) is 5.52. The minimum Gasteiger partial charge on any atom is -0.447 e. The second-order valence-electron chi connectivity index (χ2n) is 2.19. The van der Waals surface area contributed by atoms with Gasteiger partial charge in [0.25, 0.3) is 0 Å². The standard InChI is InChI=1S/C6H11NO2/c1-5(8)9-6-3-2-4-7-6/h6-7H,2-4H2,1H3. The van der Waals surface area contributed by atoms with Crippen LogP contribution in [0.3, 0.4) is 0 Å². The first kappa shape index (κ1) is 6.55. The van der Waals surface area contributed by atoms with E-state index in [0.717, 1.165) is 19.4 Å². The Hall–Kier alpha value is -0.570. The summed E-state index contributed by atoms with van der Waals surface area (Å²) in [5.74, 6) is -0.200. The monoisotopic (exact) mass is 129 g/mol. The molecule has 1 N–H and O–H groups in total. The van der Waals surface area contributed by atoms with Gasteiger partial charge in [-0.05, 0) is 19.4 Å². The fourth-order valence-electron chi connectivity index (χ4n) is 0.953. The lowest BCUT2D eigenvalue weighted by molar-refractivity contribution is -0.146. The number of rotatable bonds is 1. The van der Waals surface area contributed by atoms with Crippen LogP contribution in [-0.2, 0) is 9.53 Å². The predicted octanol–water partition coefficient (Wildman–Crippen LogP) is 0.259. The first-order valence-corrected chi connectivity index (χ1v) is 3.19. The second kappa shape index (κ2) is 2.82. The van der Waals surface area contributed by atoms with Crippen LogP contribution in [0.15, 0.2) is 0 Å². The molecule has 0 aromatic carbocycles. The van der Waals surface area contributed by atoms with Gasteiger partial charge in [-0.1, -0.05) is 0 Å². The number of ether oxygens (including phenoxy) is 1. The number of nitrogens with one attached hydrogen (secondary N) is 1. The topological polar surface area (TPSA) is 38.3 Å². The summed E-state index contributed by atoms with van der Waals surface area (Å²) in [5, 5.41) is 3.04. The Morgan fingerprint density at radius 3 is 3.00 bits per heavy atom. The Morgan fingerprint density at radius 1 is 1.78 bits per heavy atom. The Bertz CT molecular complexity index is 108. The van der Waals surface area contributed by atoms with E-state index in [2.05, 4.69) is 5.32 Å². The van der Waals surface area contributed by atoms with Gasteiger partial charge in [0.15, 0.2) is 6.23 Å². The number of esters is 1. The van der Waals surface area contributed by atoms with Gasteiger partial charge in [0.1, 0.15) is 0 Å². The summed E-state index contributed by atoms with van der Waals surface area (Å²) in [7, 11) is 0. The molecule has 9 heavy (non-hydrogen) atoms. The quantitative estimate of drug-likeness (QED) is 0.516. The van der Waals surface area contributed by atoms with Gasteiger partial charge in [0.2, 0.25) is 0 Å². The summed E-state index contributed by atoms with van der Waals surface area (Å²) in [6.07, 6.45) is 2.06. The molecule has 1 fully saturated rings. The van der Waals surface area contributed by atoms with Gasteiger partial charge < -0.3 is 4.74 Å². The van der Waals surface area contributed by atoms with E-state index in [1.54, 1.807) is 0 Å². The van der Waals surface area contributed by atoms with E-state index in [1.807, 2.05) is 0 Å². The lowest BCUT2D eigenvalue weighted by Gasteiger charge is -2.08. The molecule has 3 heteroatoms. The largest absolute Gasteiger partial charge is 0.447 e. The molecule has 1 rings (SSSR count). The SMILES string of the molecule is CC(=O)OC1CCCN1. The highest BCUT2D eigenvalue weighted by Crippen LogP contribution is 2.05. The highest BCUT2D eigenvalue weighted by molar-refractivity contribution is 5.66. The molecule has 0 spiro atoms. The summed E-state index contributed by atoms with van der Waals surface area (Å²) in [6, 6.07) is 0. The van der Waals surface area contributed by atoms with Gasteiger partial charge in [0.05, 0.1) is 0 Å². The lowest BCUT2D eigenvalue weighted by Crippen LogP contribution is -2.26. The second-order valence-corrected chi connectivity index (χ2v) is 2.19. The van der Waals surface area contributed by atoms with Crippen molar-refractivity contribution >= 4 is 5.97 Å². The average molecular weight is 129 g/mol. The van der Waals surface area contributed by atoms with E-state index >= 15 is 0 Å². The summed E-state index contributed by atoms with van der Waals surface area (Å²) in [4.78, 5) is 10.3. The molecule has 1 atom stereocenters. The molecule has 0 aliphatic carbocycles. The minimum atomic E-state index is -0.200. The molecule has 0 radical (unpaired) electrons. The summed E-state index contributed by atoms with van der Waals surface area (Å²) >= 11 is 0. The smallest absolute Gasteiger partial charge is 0.304 e. The molecule has 0 aromatic rings. The van der Waals surface area contributed by atoms with Crippen LogP contribution in [-0.4, -0.2) is 18.7 Å². The minimum absolute atomic E-state index is 0.0116. The van der Waals surface area contributed by atoms with E-state index < -0.39 is 0 Å². The van der Waals surface area contributed by atoms with Crippen molar-refractivity contribution in [2.45, 2.75) is 26.0 Å². The maximum Gasteiger partial charge on any atom is 0.304 e. The highest BCUT2D eigenvalue weighted by atomic mass is 16.6. The fraction of sp³-hybridized carbons (Fsp3) is 0.833. The Morgan fingerprint density at radius 2 is 2.56 bits per heavy atom. The summed E-state index contributed by atoms with van der Waals surface area (Å²) < 4.78 is 4.86. The molecule has 1 unspecified atom stereocenters. The van der Waals surface area contributed by atoms with Crippen LogP contribution in [0.1, 0.15) is 19.8 Å². The van der Waals surface area contributed by atoms with Crippen molar-refractivity contribution in [3.8, 4) is 0 Å². The van der Waals surface area contributed by atoms with Crippen molar-refractivity contribution < 1.29 is 9.53 Å². The van der Waals surface area contributed by atoms with Gasteiger partial charge in [-0.15, -0.1) is 0 Å². The van der Waals surface area contributed by atoms with E-state index in [-0.39, 0.29) is 12.2 Å². The van der Waals surface area contributed by atoms with Crippen LogP contribution in [0.4, 0.5) is 0 Å². The third-order valence-electron chi connectivity index (χ3n) is 1.32. The van der Waals surface area contributed by atoms with Crippen molar-refractivity contribution in [1.82, 2.24) is 5.32 Å². The van der Waals surface area contributed by atoms with Crippen LogP contribution in [0.5, 0.6) is 0 Å². The molecular formula is C6H11NO2. The molecule has 1 heterocycles. The molecule has 0 bridgehead atoms. The Balaban J connectivity index is 2.19. The van der Waals surface area contributed by atoms with Crippen molar-refractivity contribution in [1.29, 1.82) is 0 Å². The van der Waals surface area contributed by atoms with Crippen LogP contribution in [0.2, 0.25) is 0 Å². The molecule has 52 valence electrons. The van der Waals surface area contributed by atoms with Crippen LogP contribution < -0.4 is 5.32 Å². The molecule has 0 saturated carbocycles. The van der Waals surface area contributed by atoms with Crippen molar-refractivity contribution in [2.75, 3.05) is 6.54 Å². The maximum atomic E-state index is 10.3.